The molecule has 1 fully saturated rings. The summed E-state index contributed by atoms with van der Waals surface area (Å²) in [4.78, 5) is 35.7. The Hall–Kier alpha value is -4.05. The van der Waals surface area contributed by atoms with Gasteiger partial charge in [-0.05, 0) is 49.2 Å². The third-order valence-electron chi connectivity index (χ3n) is 6.14. The van der Waals surface area contributed by atoms with E-state index in [0.717, 1.165) is 0 Å². The Morgan fingerprint density at radius 2 is 1.88 bits per heavy atom. The van der Waals surface area contributed by atoms with Gasteiger partial charge in [0.2, 0.25) is 0 Å². The summed E-state index contributed by atoms with van der Waals surface area (Å²) >= 11 is 0. The van der Waals surface area contributed by atoms with Crippen molar-refractivity contribution in [2.24, 2.45) is 7.05 Å². The van der Waals surface area contributed by atoms with Crippen LogP contribution in [0.3, 0.4) is 0 Å². The van der Waals surface area contributed by atoms with Crippen LogP contribution >= 0.6 is 0 Å². The number of likely N-dealkylation sites (tertiary alicyclic amines) is 1. The van der Waals surface area contributed by atoms with Crippen molar-refractivity contribution in [3.63, 3.8) is 0 Å². The number of aryl methyl sites for hydroxylation is 1. The van der Waals surface area contributed by atoms with Crippen LogP contribution in [0.5, 0.6) is 11.5 Å². The molecule has 1 aromatic carbocycles. The molecule has 0 spiro atoms. The second-order valence-corrected chi connectivity index (χ2v) is 8.51. The molecule has 5 rings (SSSR count). The molecule has 4 aromatic rings. The van der Waals surface area contributed by atoms with Crippen LogP contribution in [0.1, 0.15) is 23.2 Å². The van der Waals surface area contributed by atoms with Gasteiger partial charge in [-0.25, -0.2) is 4.98 Å². The highest BCUT2D eigenvalue weighted by atomic mass is 16.5. The van der Waals surface area contributed by atoms with Gasteiger partial charge in [0.15, 0.2) is 5.65 Å². The number of amides is 1. The van der Waals surface area contributed by atoms with Gasteiger partial charge >= 0.3 is 0 Å². The first kappa shape index (κ1) is 21.8. The van der Waals surface area contributed by atoms with Gasteiger partial charge in [0.05, 0.1) is 24.5 Å². The van der Waals surface area contributed by atoms with Crippen molar-refractivity contribution in [3.8, 4) is 11.5 Å². The summed E-state index contributed by atoms with van der Waals surface area (Å²) in [5.74, 6) is 1.13. The maximum Gasteiger partial charge on any atom is 0.264 e. The lowest BCUT2D eigenvalue weighted by atomic mass is 9.91. The number of fused-ring (bicyclic) bond motifs is 1. The largest absolute Gasteiger partial charge is 0.456 e. The Morgan fingerprint density at radius 3 is 2.59 bits per heavy atom. The standard InChI is InChI=1S/C24H24N6O4/c1-28-21-20(14-27-28)23(32)30(16-26-21)15-24(33)8-11-29(12-9-24)22(31)17-4-6-18(7-5-17)34-19-3-2-10-25-13-19/h2-7,10,13-14,16,33H,8-9,11-12,15H2,1H3. The predicted molar refractivity (Wildman–Crippen MR) is 124 cm³/mol. The summed E-state index contributed by atoms with van der Waals surface area (Å²) in [7, 11) is 1.72. The monoisotopic (exact) mass is 460 g/mol. The number of pyridine rings is 1. The molecule has 10 nitrogen and oxygen atoms in total. The summed E-state index contributed by atoms with van der Waals surface area (Å²) in [6.45, 7) is 0.896. The minimum absolute atomic E-state index is 0.106. The molecule has 3 aromatic heterocycles. The molecule has 0 unspecified atom stereocenters. The van der Waals surface area contributed by atoms with Gasteiger partial charge in [-0.15, -0.1) is 0 Å². The minimum Gasteiger partial charge on any atom is -0.456 e. The van der Waals surface area contributed by atoms with Gasteiger partial charge in [0, 0.05) is 31.9 Å². The number of aromatic nitrogens is 5. The highest BCUT2D eigenvalue weighted by Crippen LogP contribution is 2.26. The number of ether oxygens (including phenoxy) is 1. The van der Waals surface area contributed by atoms with Gasteiger partial charge in [0.1, 0.15) is 23.2 Å². The zero-order chi connectivity index (χ0) is 23.7. The lowest BCUT2D eigenvalue weighted by Crippen LogP contribution is -2.49. The van der Waals surface area contributed by atoms with Crippen LogP contribution in [0.4, 0.5) is 0 Å². The molecule has 1 N–H and O–H groups in total. The molecule has 1 saturated heterocycles. The number of hydrogen-bond donors (Lipinski definition) is 1. The van der Waals surface area contributed by atoms with Crippen LogP contribution in [-0.2, 0) is 13.6 Å². The number of carbonyl (C=O) groups excluding carboxylic acids is 1. The lowest BCUT2D eigenvalue weighted by Gasteiger charge is -2.38. The fraction of sp³-hybridized carbons (Fsp3) is 0.292. The van der Waals surface area contributed by atoms with E-state index in [1.165, 1.54) is 21.8 Å². The highest BCUT2D eigenvalue weighted by Gasteiger charge is 2.35. The van der Waals surface area contributed by atoms with Crippen molar-refractivity contribution in [3.05, 3.63) is 77.2 Å². The van der Waals surface area contributed by atoms with Crippen LogP contribution in [0.25, 0.3) is 11.0 Å². The Kier molecular flexibility index (Phi) is 5.58. The van der Waals surface area contributed by atoms with E-state index >= 15 is 0 Å². The third kappa shape index (κ3) is 4.27. The molecule has 4 heterocycles. The lowest BCUT2D eigenvalue weighted by molar-refractivity contribution is -0.0299. The number of benzene rings is 1. The van der Waals surface area contributed by atoms with E-state index in [1.54, 1.807) is 60.7 Å². The van der Waals surface area contributed by atoms with E-state index in [4.69, 9.17) is 4.74 Å². The number of hydrogen-bond acceptors (Lipinski definition) is 7. The third-order valence-corrected chi connectivity index (χ3v) is 6.14. The zero-order valence-electron chi connectivity index (χ0n) is 18.7. The van der Waals surface area contributed by atoms with E-state index in [9.17, 15) is 14.7 Å². The Bertz CT molecular complexity index is 1370. The van der Waals surface area contributed by atoms with E-state index < -0.39 is 5.60 Å². The molecule has 10 heteroatoms. The Balaban J connectivity index is 1.22. The Morgan fingerprint density at radius 1 is 1.12 bits per heavy atom. The molecular weight excluding hydrogens is 436 g/mol. The van der Waals surface area contributed by atoms with Crippen molar-refractivity contribution in [1.82, 2.24) is 29.2 Å². The second-order valence-electron chi connectivity index (χ2n) is 8.51. The van der Waals surface area contributed by atoms with E-state index in [1.807, 2.05) is 0 Å². The van der Waals surface area contributed by atoms with Crippen molar-refractivity contribution in [1.29, 1.82) is 0 Å². The van der Waals surface area contributed by atoms with E-state index in [-0.39, 0.29) is 18.0 Å². The molecule has 1 amide bonds. The van der Waals surface area contributed by atoms with Crippen molar-refractivity contribution >= 4 is 16.9 Å². The average Bonchev–Trinajstić information content (AvgIpc) is 3.23. The number of rotatable bonds is 5. The van der Waals surface area contributed by atoms with E-state index in [0.29, 0.717) is 54.0 Å². The summed E-state index contributed by atoms with van der Waals surface area (Å²) < 4.78 is 8.68. The van der Waals surface area contributed by atoms with E-state index in [2.05, 4.69) is 15.1 Å². The minimum atomic E-state index is -1.10. The van der Waals surface area contributed by atoms with Crippen LogP contribution in [-0.4, -0.2) is 58.9 Å². The number of nitrogens with zero attached hydrogens (tertiary/aromatic N) is 6. The van der Waals surface area contributed by atoms with Gasteiger partial charge in [-0.3, -0.25) is 23.8 Å². The average molecular weight is 460 g/mol. The van der Waals surface area contributed by atoms with Crippen LogP contribution in [0.15, 0.2) is 66.1 Å². The number of aliphatic hydroxyl groups is 1. The zero-order valence-corrected chi connectivity index (χ0v) is 18.7. The highest BCUT2D eigenvalue weighted by molar-refractivity contribution is 5.94. The SMILES string of the molecule is Cn1ncc2c(=O)n(CC3(O)CCN(C(=O)c4ccc(Oc5cccnc5)cc4)CC3)cnc21. The maximum absolute atomic E-state index is 13.0. The molecule has 34 heavy (non-hydrogen) atoms. The molecular formula is C24H24N6O4. The van der Waals surface area contributed by atoms with Crippen LogP contribution in [0.2, 0.25) is 0 Å². The number of carbonyl (C=O) groups is 1. The fourth-order valence-corrected chi connectivity index (χ4v) is 4.17. The molecule has 0 saturated carbocycles. The first-order valence-electron chi connectivity index (χ1n) is 11.0. The van der Waals surface area contributed by atoms with Crippen molar-refractivity contribution in [2.75, 3.05) is 13.1 Å². The topological polar surface area (TPSA) is 115 Å². The summed E-state index contributed by atoms with van der Waals surface area (Å²) in [6, 6.07) is 10.5. The Labute approximate surface area is 195 Å². The maximum atomic E-state index is 13.0. The normalized spacial score (nSPS) is 15.4. The molecule has 0 aliphatic carbocycles. The predicted octanol–water partition coefficient (Wildman–Crippen LogP) is 1.98. The van der Waals surface area contributed by atoms with Crippen LogP contribution in [0, 0.1) is 0 Å². The first-order chi connectivity index (χ1) is 16.4. The number of piperidine rings is 1. The second kappa shape index (κ2) is 8.71. The van der Waals surface area contributed by atoms with Crippen LogP contribution < -0.4 is 10.3 Å². The van der Waals surface area contributed by atoms with Gasteiger partial charge < -0.3 is 14.7 Å². The van der Waals surface area contributed by atoms with Crippen molar-refractivity contribution in [2.45, 2.75) is 25.0 Å². The molecule has 1 aliphatic heterocycles. The smallest absolute Gasteiger partial charge is 0.264 e. The molecule has 1 aliphatic rings. The van der Waals surface area contributed by atoms with Gasteiger partial charge in [0.25, 0.3) is 11.5 Å². The fourth-order valence-electron chi connectivity index (χ4n) is 4.17. The van der Waals surface area contributed by atoms with Gasteiger partial charge in [-0.1, -0.05) is 0 Å². The molecule has 0 bridgehead atoms. The molecule has 0 atom stereocenters. The van der Waals surface area contributed by atoms with Gasteiger partial charge in [-0.2, -0.15) is 5.10 Å². The first-order valence-corrected chi connectivity index (χ1v) is 11.0. The summed E-state index contributed by atoms with van der Waals surface area (Å²) in [5, 5.41) is 15.6. The summed E-state index contributed by atoms with van der Waals surface area (Å²) in [5.41, 5.74) is -0.282. The summed E-state index contributed by atoms with van der Waals surface area (Å²) in [6.07, 6.45) is 6.93. The van der Waals surface area contributed by atoms with Crippen molar-refractivity contribution < 1.29 is 14.6 Å². The molecule has 0 radical (unpaired) electrons. The molecule has 174 valence electrons. The quantitative estimate of drug-likeness (QED) is 0.484.